The standard InChI is InChI=1S/C14H19N7O/c1-19-12-11(17-18-19)13(16-9-15-12)21-7-10(8-21)14(22)20-5-3-2-4-6-20/h9-10H,2-8H2,1H3. The fraction of sp³-hybridized carbons (Fsp3) is 0.643. The second-order valence-electron chi connectivity index (χ2n) is 6.07. The first kappa shape index (κ1) is 13.4. The van der Waals surface area contributed by atoms with Crippen molar-refractivity contribution in [3.05, 3.63) is 6.33 Å². The number of fused-ring (bicyclic) bond motifs is 1. The van der Waals surface area contributed by atoms with Gasteiger partial charge in [0.25, 0.3) is 0 Å². The molecule has 0 radical (unpaired) electrons. The minimum absolute atomic E-state index is 0.0831. The zero-order valence-electron chi connectivity index (χ0n) is 12.6. The van der Waals surface area contributed by atoms with E-state index in [1.165, 1.54) is 12.7 Å². The van der Waals surface area contributed by atoms with Gasteiger partial charge in [-0.15, -0.1) is 5.10 Å². The van der Waals surface area contributed by atoms with Gasteiger partial charge >= 0.3 is 0 Å². The number of hydrogen-bond acceptors (Lipinski definition) is 6. The number of nitrogens with zero attached hydrogens (tertiary/aromatic N) is 7. The molecule has 0 aliphatic carbocycles. The van der Waals surface area contributed by atoms with Crippen LogP contribution in [0.2, 0.25) is 0 Å². The van der Waals surface area contributed by atoms with Crippen LogP contribution in [0.15, 0.2) is 6.33 Å². The molecule has 116 valence electrons. The zero-order chi connectivity index (χ0) is 15.1. The summed E-state index contributed by atoms with van der Waals surface area (Å²) in [6.45, 7) is 3.24. The molecule has 8 nitrogen and oxygen atoms in total. The number of aryl methyl sites for hydroxylation is 1. The number of carbonyl (C=O) groups excluding carboxylic acids is 1. The van der Waals surface area contributed by atoms with E-state index in [1.54, 1.807) is 4.68 Å². The van der Waals surface area contributed by atoms with E-state index in [2.05, 4.69) is 25.2 Å². The highest BCUT2D eigenvalue weighted by Gasteiger charge is 2.37. The van der Waals surface area contributed by atoms with Crippen molar-refractivity contribution >= 4 is 22.9 Å². The second kappa shape index (κ2) is 5.19. The molecular formula is C14H19N7O. The van der Waals surface area contributed by atoms with Crippen LogP contribution in [-0.2, 0) is 11.8 Å². The molecule has 0 saturated carbocycles. The lowest BCUT2D eigenvalue weighted by molar-refractivity contribution is -0.137. The molecule has 2 aromatic rings. The summed E-state index contributed by atoms with van der Waals surface area (Å²) < 4.78 is 1.64. The Morgan fingerprint density at radius 1 is 1.18 bits per heavy atom. The van der Waals surface area contributed by atoms with E-state index in [0.717, 1.165) is 37.4 Å². The van der Waals surface area contributed by atoms with E-state index < -0.39 is 0 Å². The molecule has 4 rings (SSSR count). The second-order valence-corrected chi connectivity index (χ2v) is 6.07. The van der Waals surface area contributed by atoms with E-state index in [1.807, 2.05) is 11.9 Å². The quantitative estimate of drug-likeness (QED) is 0.789. The zero-order valence-corrected chi connectivity index (χ0v) is 12.6. The lowest BCUT2D eigenvalue weighted by atomic mass is 9.97. The first-order valence-electron chi connectivity index (χ1n) is 7.78. The molecule has 0 spiro atoms. The fourth-order valence-electron chi connectivity index (χ4n) is 3.25. The summed E-state index contributed by atoms with van der Waals surface area (Å²) in [7, 11) is 1.81. The van der Waals surface area contributed by atoms with Crippen molar-refractivity contribution in [2.45, 2.75) is 19.3 Å². The summed E-state index contributed by atoms with van der Waals surface area (Å²) in [6, 6.07) is 0. The number of amides is 1. The molecule has 22 heavy (non-hydrogen) atoms. The molecule has 2 saturated heterocycles. The van der Waals surface area contributed by atoms with Crippen molar-refractivity contribution in [1.82, 2.24) is 29.9 Å². The summed E-state index contributed by atoms with van der Waals surface area (Å²) in [5, 5.41) is 8.12. The van der Waals surface area contributed by atoms with Crippen LogP contribution in [0.5, 0.6) is 0 Å². The monoisotopic (exact) mass is 301 g/mol. The van der Waals surface area contributed by atoms with Crippen LogP contribution in [0.1, 0.15) is 19.3 Å². The van der Waals surface area contributed by atoms with Crippen molar-refractivity contribution in [2.75, 3.05) is 31.1 Å². The Hall–Kier alpha value is -2.25. The maximum absolute atomic E-state index is 12.5. The van der Waals surface area contributed by atoms with Crippen molar-refractivity contribution in [3.8, 4) is 0 Å². The molecular weight excluding hydrogens is 282 g/mol. The highest BCUT2D eigenvalue weighted by molar-refractivity contribution is 5.86. The summed E-state index contributed by atoms with van der Waals surface area (Å²) in [5.74, 6) is 1.15. The summed E-state index contributed by atoms with van der Waals surface area (Å²) >= 11 is 0. The Morgan fingerprint density at radius 2 is 1.95 bits per heavy atom. The van der Waals surface area contributed by atoms with Gasteiger partial charge in [-0.05, 0) is 19.3 Å². The van der Waals surface area contributed by atoms with E-state index in [0.29, 0.717) is 24.5 Å². The molecule has 2 aliphatic heterocycles. The Morgan fingerprint density at radius 3 is 2.73 bits per heavy atom. The molecule has 2 aromatic heterocycles. The molecule has 0 N–H and O–H groups in total. The first-order chi connectivity index (χ1) is 10.7. The third-order valence-corrected chi connectivity index (χ3v) is 4.57. The van der Waals surface area contributed by atoms with Gasteiger partial charge in [-0.25, -0.2) is 14.6 Å². The summed E-state index contributed by atoms with van der Waals surface area (Å²) in [4.78, 5) is 25.1. The van der Waals surface area contributed by atoms with Gasteiger partial charge in [0, 0.05) is 33.2 Å². The summed E-state index contributed by atoms with van der Waals surface area (Å²) in [5.41, 5.74) is 1.42. The van der Waals surface area contributed by atoms with Crippen LogP contribution >= 0.6 is 0 Å². The third-order valence-electron chi connectivity index (χ3n) is 4.57. The van der Waals surface area contributed by atoms with Crippen LogP contribution in [0.4, 0.5) is 5.82 Å². The number of piperidine rings is 1. The molecule has 0 unspecified atom stereocenters. The molecule has 0 bridgehead atoms. The molecule has 2 fully saturated rings. The number of hydrogen-bond donors (Lipinski definition) is 0. The molecule has 0 aromatic carbocycles. The predicted molar refractivity (Wildman–Crippen MR) is 80.2 cm³/mol. The van der Waals surface area contributed by atoms with Crippen LogP contribution in [0, 0.1) is 5.92 Å². The predicted octanol–water partition coefficient (Wildman–Crippen LogP) is 0.207. The number of carbonyl (C=O) groups is 1. The first-order valence-corrected chi connectivity index (χ1v) is 7.78. The van der Waals surface area contributed by atoms with Crippen LogP contribution in [0.3, 0.4) is 0 Å². The van der Waals surface area contributed by atoms with Crippen LogP contribution < -0.4 is 4.90 Å². The molecule has 4 heterocycles. The lowest BCUT2D eigenvalue weighted by Gasteiger charge is -2.41. The van der Waals surface area contributed by atoms with Gasteiger partial charge in [0.2, 0.25) is 5.91 Å². The Labute approximate surface area is 128 Å². The average molecular weight is 301 g/mol. The Balaban J connectivity index is 1.47. The van der Waals surface area contributed by atoms with Crippen molar-refractivity contribution in [1.29, 1.82) is 0 Å². The van der Waals surface area contributed by atoms with Gasteiger partial charge in [0.15, 0.2) is 17.0 Å². The van der Waals surface area contributed by atoms with E-state index in [9.17, 15) is 4.79 Å². The Kier molecular flexibility index (Phi) is 3.16. The van der Waals surface area contributed by atoms with E-state index in [4.69, 9.17) is 0 Å². The molecule has 2 aliphatic rings. The van der Waals surface area contributed by atoms with Gasteiger partial charge in [-0.3, -0.25) is 4.79 Å². The highest BCUT2D eigenvalue weighted by Crippen LogP contribution is 2.28. The molecule has 1 amide bonds. The SMILES string of the molecule is Cn1nnc2c(N3CC(C(=O)N4CCCCC4)C3)ncnc21. The number of rotatable bonds is 2. The topological polar surface area (TPSA) is 80.0 Å². The average Bonchev–Trinajstić information content (AvgIpc) is 2.89. The van der Waals surface area contributed by atoms with Gasteiger partial charge in [0.1, 0.15) is 6.33 Å². The van der Waals surface area contributed by atoms with Gasteiger partial charge in [0.05, 0.1) is 5.92 Å². The molecule has 0 atom stereocenters. The third kappa shape index (κ3) is 2.10. The molecule has 8 heteroatoms. The smallest absolute Gasteiger partial charge is 0.229 e. The number of aromatic nitrogens is 5. The number of anilines is 1. The van der Waals surface area contributed by atoms with Gasteiger partial charge in [-0.2, -0.15) is 0 Å². The minimum atomic E-state index is 0.0831. The van der Waals surface area contributed by atoms with Crippen molar-refractivity contribution in [2.24, 2.45) is 13.0 Å². The lowest BCUT2D eigenvalue weighted by Crippen LogP contribution is -2.55. The fourth-order valence-corrected chi connectivity index (χ4v) is 3.25. The van der Waals surface area contributed by atoms with Gasteiger partial charge in [-0.1, -0.05) is 5.21 Å². The normalized spacial score (nSPS) is 19.5. The maximum Gasteiger partial charge on any atom is 0.229 e. The minimum Gasteiger partial charge on any atom is -0.353 e. The summed E-state index contributed by atoms with van der Waals surface area (Å²) in [6.07, 6.45) is 5.04. The van der Waals surface area contributed by atoms with E-state index >= 15 is 0 Å². The van der Waals surface area contributed by atoms with Crippen molar-refractivity contribution < 1.29 is 4.79 Å². The van der Waals surface area contributed by atoms with Crippen LogP contribution in [-0.4, -0.2) is 61.9 Å². The van der Waals surface area contributed by atoms with Crippen molar-refractivity contribution in [3.63, 3.8) is 0 Å². The van der Waals surface area contributed by atoms with E-state index in [-0.39, 0.29) is 5.92 Å². The number of likely N-dealkylation sites (tertiary alicyclic amines) is 1. The largest absolute Gasteiger partial charge is 0.353 e. The van der Waals surface area contributed by atoms with Crippen LogP contribution in [0.25, 0.3) is 11.2 Å². The highest BCUT2D eigenvalue weighted by atomic mass is 16.2. The Bertz CT molecular complexity index is 700. The van der Waals surface area contributed by atoms with Gasteiger partial charge < -0.3 is 9.80 Å². The maximum atomic E-state index is 12.5.